The summed E-state index contributed by atoms with van der Waals surface area (Å²) in [6.45, 7) is 3.97. The lowest BCUT2D eigenvalue weighted by molar-refractivity contribution is 0.478. The summed E-state index contributed by atoms with van der Waals surface area (Å²) >= 11 is 5.92. The maximum Gasteiger partial charge on any atom is 0.224 e. The number of aryl methyl sites for hydroxylation is 1. The molecule has 0 aromatic carbocycles. The van der Waals surface area contributed by atoms with E-state index in [4.69, 9.17) is 11.6 Å². The van der Waals surface area contributed by atoms with Crippen LogP contribution in [0.1, 0.15) is 18.4 Å². The zero-order valence-electron chi connectivity index (χ0n) is 9.16. The number of anilines is 1. The lowest BCUT2D eigenvalue weighted by Gasteiger charge is -2.23. The first kappa shape index (κ1) is 13.5. The molecule has 0 spiro atoms. The van der Waals surface area contributed by atoms with Crippen LogP contribution in [-0.2, 0) is 0 Å². The van der Waals surface area contributed by atoms with Crippen molar-refractivity contribution in [2.75, 3.05) is 18.4 Å². The van der Waals surface area contributed by atoms with Crippen molar-refractivity contribution in [2.24, 2.45) is 0 Å². The first-order valence-electron chi connectivity index (χ1n) is 5.22. The zero-order chi connectivity index (χ0) is 10.7. The van der Waals surface area contributed by atoms with Crippen LogP contribution in [0.4, 0.5) is 5.95 Å². The summed E-state index contributed by atoms with van der Waals surface area (Å²) in [5.74, 6) is 0.624. The van der Waals surface area contributed by atoms with Crippen LogP contribution in [0.3, 0.4) is 0 Å². The Morgan fingerprint density at radius 3 is 3.00 bits per heavy atom. The topological polar surface area (TPSA) is 49.8 Å². The minimum atomic E-state index is 0. The van der Waals surface area contributed by atoms with Gasteiger partial charge in [-0.25, -0.2) is 9.97 Å². The van der Waals surface area contributed by atoms with Crippen molar-refractivity contribution < 1.29 is 0 Å². The molecule has 2 rings (SSSR count). The largest absolute Gasteiger partial charge is 0.350 e. The molecule has 1 unspecified atom stereocenters. The average Bonchev–Trinajstić information content (AvgIpc) is 2.25. The molecule has 0 amide bonds. The van der Waals surface area contributed by atoms with Crippen molar-refractivity contribution in [3.8, 4) is 0 Å². The second kappa shape index (κ2) is 6.23. The van der Waals surface area contributed by atoms with E-state index in [1.807, 2.05) is 6.92 Å². The van der Waals surface area contributed by atoms with E-state index in [-0.39, 0.29) is 12.4 Å². The van der Waals surface area contributed by atoms with Gasteiger partial charge < -0.3 is 10.6 Å². The number of nitrogens with zero attached hydrogens (tertiary/aromatic N) is 2. The molecule has 90 valence electrons. The standard InChI is InChI=1S/C10H15ClN4.ClH/c1-7-5-13-10(15-9(7)11)14-8-3-2-4-12-6-8;/h5,8,12H,2-4,6H2,1H3,(H,13,14,15);1H. The lowest BCUT2D eigenvalue weighted by Crippen LogP contribution is -2.38. The molecule has 1 atom stereocenters. The second-order valence-corrected chi connectivity index (χ2v) is 4.21. The second-order valence-electron chi connectivity index (χ2n) is 3.86. The summed E-state index contributed by atoms with van der Waals surface area (Å²) in [4.78, 5) is 8.38. The molecule has 1 saturated heterocycles. The Balaban J connectivity index is 0.00000128. The van der Waals surface area contributed by atoms with Gasteiger partial charge in [-0.05, 0) is 26.3 Å². The van der Waals surface area contributed by atoms with Crippen LogP contribution in [0.5, 0.6) is 0 Å². The number of hydrogen-bond donors (Lipinski definition) is 2. The van der Waals surface area contributed by atoms with E-state index >= 15 is 0 Å². The fraction of sp³-hybridized carbons (Fsp3) is 0.600. The number of nitrogens with one attached hydrogen (secondary N) is 2. The Bertz CT molecular complexity index is 340. The van der Waals surface area contributed by atoms with Gasteiger partial charge in [0.1, 0.15) is 5.15 Å². The molecular formula is C10H16Cl2N4. The molecule has 2 heterocycles. The third-order valence-corrected chi connectivity index (χ3v) is 2.92. The number of halogens is 2. The van der Waals surface area contributed by atoms with Gasteiger partial charge in [-0.3, -0.25) is 0 Å². The number of rotatable bonds is 2. The van der Waals surface area contributed by atoms with Crippen LogP contribution in [-0.4, -0.2) is 29.1 Å². The fourth-order valence-corrected chi connectivity index (χ4v) is 1.78. The van der Waals surface area contributed by atoms with Gasteiger partial charge in [-0.1, -0.05) is 11.6 Å². The van der Waals surface area contributed by atoms with Gasteiger partial charge in [0.15, 0.2) is 0 Å². The molecule has 1 aliphatic rings. The molecule has 0 bridgehead atoms. The SMILES string of the molecule is Cc1cnc(NC2CCCNC2)nc1Cl.Cl. The molecule has 2 N–H and O–H groups in total. The number of hydrogen-bond acceptors (Lipinski definition) is 4. The van der Waals surface area contributed by atoms with Crippen molar-refractivity contribution in [2.45, 2.75) is 25.8 Å². The molecule has 1 fully saturated rings. The van der Waals surface area contributed by atoms with Crippen molar-refractivity contribution >= 4 is 30.0 Å². The summed E-state index contributed by atoms with van der Waals surface area (Å²) in [6, 6.07) is 0.414. The molecule has 1 aromatic heterocycles. The van der Waals surface area contributed by atoms with Gasteiger partial charge in [0.25, 0.3) is 0 Å². The van der Waals surface area contributed by atoms with Gasteiger partial charge in [-0.15, -0.1) is 12.4 Å². The van der Waals surface area contributed by atoms with Crippen molar-refractivity contribution in [3.63, 3.8) is 0 Å². The highest BCUT2D eigenvalue weighted by Crippen LogP contribution is 2.14. The quantitative estimate of drug-likeness (QED) is 0.801. The predicted octanol–water partition coefficient (Wildman–Crippen LogP) is 2.02. The number of piperidine rings is 1. The van der Waals surface area contributed by atoms with Crippen LogP contribution in [0.15, 0.2) is 6.20 Å². The van der Waals surface area contributed by atoms with Crippen LogP contribution in [0.25, 0.3) is 0 Å². The molecule has 0 radical (unpaired) electrons. The molecule has 1 aliphatic heterocycles. The Hall–Kier alpha value is -0.580. The van der Waals surface area contributed by atoms with Crippen molar-refractivity contribution in [1.82, 2.24) is 15.3 Å². The minimum Gasteiger partial charge on any atom is -0.350 e. The van der Waals surface area contributed by atoms with Crippen molar-refractivity contribution in [3.05, 3.63) is 16.9 Å². The molecule has 4 nitrogen and oxygen atoms in total. The summed E-state index contributed by atoms with van der Waals surface area (Å²) < 4.78 is 0. The Morgan fingerprint density at radius 1 is 1.56 bits per heavy atom. The molecule has 0 aliphatic carbocycles. The summed E-state index contributed by atoms with van der Waals surface area (Å²) in [6.07, 6.45) is 4.09. The van der Waals surface area contributed by atoms with Gasteiger partial charge in [0.2, 0.25) is 5.95 Å². The van der Waals surface area contributed by atoms with E-state index in [2.05, 4.69) is 20.6 Å². The van der Waals surface area contributed by atoms with E-state index in [1.54, 1.807) is 6.20 Å². The van der Waals surface area contributed by atoms with Gasteiger partial charge in [0, 0.05) is 24.3 Å². The van der Waals surface area contributed by atoms with E-state index in [1.165, 1.54) is 6.42 Å². The fourth-order valence-electron chi connectivity index (χ4n) is 1.65. The minimum absolute atomic E-state index is 0. The summed E-state index contributed by atoms with van der Waals surface area (Å²) in [5.41, 5.74) is 0.906. The Kier molecular flexibility index (Phi) is 5.25. The predicted molar refractivity (Wildman–Crippen MR) is 68.5 cm³/mol. The first-order chi connectivity index (χ1) is 7.25. The maximum atomic E-state index is 5.92. The summed E-state index contributed by atoms with van der Waals surface area (Å²) in [7, 11) is 0. The Labute approximate surface area is 107 Å². The van der Waals surface area contributed by atoms with Crippen LogP contribution < -0.4 is 10.6 Å². The normalized spacial score (nSPS) is 20.0. The molecule has 0 saturated carbocycles. The van der Waals surface area contributed by atoms with E-state index in [0.29, 0.717) is 17.1 Å². The van der Waals surface area contributed by atoms with Gasteiger partial charge >= 0.3 is 0 Å². The molecule has 16 heavy (non-hydrogen) atoms. The average molecular weight is 263 g/mol. The highest BCUT2D eigenvalue weighted by molar-refractivity contribution is 6.30. The lowest BCUT2D eigenvalue weighted by atomic mass is 10.1. The highest BCUT2D eigenvalue weighted by Gasteiger charge is 2.13. The smallest absolute Gasteiger partial charge is 0.224 e. The van der Waals surface area contributed by atoms with Gasteiger partial charge in [-0.2, -0.15) is 0 Å². The number of aromatic nitrogens is 2. The summed E-state index contributed by atoms with van der Waals surface area (Å²) in [5, 5.41) is 7.13. The first-order valence-corrected chi connectivity index (χ1v) is 5.60. The van der Waals surface area contributed by atoms with Crippen LogP contribution in [0, 0.1) is 6.92 Å². The van der Waals surface area contributed by atoms with Gasteiger partial charge in [0.05, 0.1) is 0 Å². The monoisotopic (exact) mass is 262 g/mol. The van der Waals surface area contributed by atoms with Crippen LogP contribution >= 0.6 is 24.0 Å². The molecular weight excluding hydrogens is 247 g/mol. The Morgan fingerprint density at radius 2 is 2.38 bits per heavy atom. The van der Waals surface area contributed by atoms with E-state index < -0.39 is 0 Å². The highest BCUT2D eigenvalue weighted by atomic mass is 35.5. The molecule has 1 aromatic rings. The van der Waals surface area contributed by atoms with E-state index in [0.717, 1.165) is 25.1 Å². The molecule has 6 heteroatoms. The zero-order valence-corrected chi connectivity index (χ0v) is 10.7. The van der Waals surface area contributed by atoms with Crippen LogP contribution in [0.2, 0.25) is 5.15 Å². The van der Waals surface area contributed by atoms with E-state index in [9.17, 15) is 0 Å². The third-order valence-electron chi connectivity index (χ3n) is 2.54. The van der Waals surface area contributed by atoms with Crippen molar-refractivity contribution in [1.29, 1.82) is 0 Å². The third kappa shape index (κ3) is 3.47. The maximum absolute atomic E-state index is 5.92.